The molecule has 0 N–H and O–H groups in total. The highest BCUT2D eigenvalue weighted by molar-refractivity contribution is 6.28. The second kappa shape index (κ2) is 4.77. The fourth-order valence-corrected chi connectivity index (χ4v) is 2.65. The van der Waals surface area contributed by atoms with Crippen molar-refractivity contribution in [3.8, 4) is 5.88 Å². The second-order valence-electron chi connectivity index (χ2n) is 4.55. The molecule has 1 aliphatic carbocycles. The molecule has 0 bridgehead atoms. The molecule has 1 aliphatic rings. The molecule has 0 amide bonds. The largest absolute Gasteiger partial charge is 0.479 e. The number of rotatable bonds is 2. The molecule has 1 saturated carbocycles. The second-order valence-corrected chi connectivity index (χ2v) is 4.89. The fourth-order valence-electron chi connectivity index (χ4n) is 2.49. The molecule has 100 valence electrons. The third kappa shape index (κ3) is 2.06. The molecular weight excluding hydrogens is 268 g/mol. The minimum Gasteiger partial charge on any atom is -0.479 e. The first kappa shape index (κ1) is 12.3. The zero-order valence-corrected chi connectivity index (χ0v) is 11.2. The highest BCUT2D eigenvalue weighted by Crippen LogP contribution is 2.30. The van der Waals surface area contributed by atoms with Crippen LogP contribution in [0.5, 0.6) is 5.88 Å². The summed E-state index contributed by atoms with van der Waals surface area (Å²) in [5, 5.41) is 0.0920. The number of fused-ring (bicyclic) bond motifs is 1. The summed E-state index contributed by atoms with van der Waals surface area (Å²) in [6.45, 7) is 0. The number of methoxy groups -OCH3 is 1. The van der Waals surface area contributed by atoms with Gasteiger partial charge in [0.1, 0.15) is 0 Å². The summed E-state index contributed by atoms with van der Waals surface area (Å²) in [6.07, 6.45) is 5.04. The van der Waals surface area contributed by atoms with Gasteiger partial charge in [0.15, 0.2) is 16.9 Å². The summed E-state index contributed by atoms with van der Waals surface area (Å²) < 4.78 is 6.92. The summed E-state index contributed by atoms with van der Waals surface area (Å²) in [5.74, 6) is 0.552. The van der Waals surface area contributed by atoms with E-state index in [1.165, 1.54) is 7.11 Å². The molecule has 3 rings (SSSR count). The van der Waals surface area contributed by atoms with Crippen LogP contribution in [0.3, 0.4) is 0 Å². The number of ether oxygens (including phenoxy) is 1. The van der Waals surface area contributed by atoms with Crippen molar-refractivity contribution in [2.24, 2.45) is 0 Å². The van der Waals surface area contributed by atoms with Crippen LogP contribution >= 0.6 is 11.6 Å². The molecule has 0 aromatic carbocycles. The SMILES string of the molecule is COc1nc(Cl)nc2c1ncn2C1CCCCC1=O. The topological polar surface area (TPSA) is 69.9 Å². The van der Waals surface area contributed by atoms with E-state index >= 15 is 0 Å². The molecular formula is C12H13ClN4O2. The first-order valence-electron chi connectivity index (χ1n) is 6.17. The van der Waals surface area contributed by atoms with Crippen molar-refractivity contribution >= 4 is 28.5 Å². The molecule has 2 heterocycles. The molecule has 1 atom stereocenters. The van der Waals surface area contributed by atoms with Crippen LogP contribution in [0.4, 0.5) is 0 Å². The number of imidazole rings is 1. The number of aromatic nitrogens is 4. The van der Waals surface area contributed by atoms with E-state index in [-0.39, 0.29) is 17.1 Å². The standard InChI is InChI=1S/C12H13ClN4O2/c1-19-11-9-10(15-12(13)16-11)17(6-14-9)7-4-2-3-5-8(7)18/h6-7H,2-5H2,1H3. The van der Waals surface area contributed by atoms with Crippen molar-refractivity contribution in [2.45, 2.75) is 31.7 Å². The van der Waals surface area contributed by atoms with Crippen LogP contribution in [-0.2, 0) is 4.79 Å². The van der Waals surface area contributed by atoms with Gasteiger partial charge in [-0.2, -0.15) is 9.97 Å². The van der Waals surface area contributed by atoms with Crippen LogP contribution in [-0.4, -0.2) is 32.4 Å². The Balaban J connectivity index is 2.14. The van der Waals surface area contributed by atoms with Gasteiger partial charge in [0.2, 0.25) is 11.2 Å². The lowest BCUT2D eigenvalue weighted by Crippen LogP contribution is -2.22. The number of carbonyl (C=O) groups is 1. The van der Waals surface area contributed by atoms with Gasteiger partial charge in [-0.15, -0.1) is 0 Å². The number of carbonyl (C=O) groups excluding carboxylic acids is 1. The van der Waals surface area contributed by atoms with Gasteiger partial charge in [0, 0.05) is 6.42 Å². The number of hydrogen-bond donors (Lipinski definition) is 0. The van der Waals surface area contributed by atoms with Gasteiger partial charge in [-0.25, -0.2) is 4.98 Å². The van der Waals surface area contributed by atoms with E-state index in [0.29, 0.717) is 23.5 Å². The Kier molecular flexibility index (Phi) is 3.10. The average molecular weight is 281 g/mol. The van der Waals surface area contributed by atoms with E-state index in [1.807, 2.05) is 0 Å². The lowest BCUT2D eigenvalue weighted by molar-refractivity contribution is -0.123. The van der Waals surface area contributed by atoms with Crippen LogP contribution in [0.1, 0.15) is 31.7 Å². The molecule has 2 aromatic rings. The number of hydrogen-bond acceptors (Lipinski definition) is 5. The smallest absolute Gasteiger partial charge is 0.246 e. The van der Waals surface area contributed by atoms with Gasteiger partial charge >= 0.3 is 0 Å². The summed E-state index contributed by atoms with van der Waals surface area (Å²) >= 11 is 5.88. The molecule has 7 heteroatoms. The predicted octanol–water partition coefficient (Wildman–Crippen LogP) is 2.17. The van der Waals surface area contributed by atoms with Crippen molar-refractivity contribution in [3.63, 3.8) is 0 Å². The highest BCUT2D eigenvalue weighted by atomic mass is 35.5. The molecule has 0 saturated heterocycles. The molecule has 0 radical (unpaired) electrons. The zero-order valence-electron chi connectivity index (χ0n) is 10.5. The van der Waals surface area contributed by atoms with E-state index in [0.717, 1.165) is 19.3 Å². The van der Waals surface area contributed by atoms with E-state index in [2.05, 4.69) is 15.0 Å². The predicted molar refractivity (Wildman–Crippen MR) is 69.4 cm³/mol. The molecule has 0 aliphatic heterocycles. The van der Waals surface area contributed by atoms with Gasteiger partial charge in [0.05, 0.1) is 19.5 Å². The van der Waals surface area contributed by atoms with Gasteiger partial charge in [0.25, 0.3) is 0 Å². The van der Waals surface area contributed by atoms with E-state index in [1.54, 1.807) is 10.9 Å². The van der Waals surface area contributed by atoms with Crippen LogP contribution < -0.4 is 4.74 Å². The average Bonchev–Trinajstić information content (AvgIpc) is 2.82. The monoisotopic (exact) mass is 280 g/mol. The Bertz CT molecular complexity index is 640. The van der Waals surface area contributed by atoms with Gasteiger partial charge in [-0.05, 0) is 24.4 Å². The maximum atomic E-state index is 12.0. The fraction of sp³-hybridized carbons (Fsp3) is 0.500. The van der Waals surface area contributed by atoms with Gasteiger partial charge in [-0.1, -0.05) is 6.42 Å². The number of nitrogens with zero attached hydrogens (tertiary/aromatic N) is 4. The third-order valence-corrected chi connectivity index (χ3v) is 3.58. The lowest BCUT2D eigenvalue weighted by atomic mass is 9.94. The van der Waals surface area contributed by atoms with Crippen LogP contribution in [0.2, 0.25) is 5.28 Å². The van der Waals surface area contributed by atoms with Gasteiger partial charge in [-0.3, -0.25) is 4.79 Å². The van der Waals surface area contributed by atoms with Crippen molar-refractivity contribution in [1.82, 2.24) is 19.5 Å². The maximum absolute atomic E-state index is 12.0. The van der Waals surface area contributed by atoms with E-state index in [9.17, 15) is 4.79 Å². The zero-order chi connectivity index (χ0) is 13.4. The lowest BCUT2D eigenvalue weighted by Gasteiger charge is -2.21. The Hall–Kier alpha value is -1.69. The molecule has 1 fully saturated rings. The van der Waals surface area contributed by atoms with Crippen LogP contribution in [0, 0.1) is 0 Å². The third-order valence-electron chi connectivity index (χ3n) is 3.41. The minimum atomic E-state index is -0.200. The van der Waals surface area contributed by atoms with Crippen molar-refractivity contribution in [2.75, 3.05) is 7.11 Å². The van der Waals surface area contributed by atoms with Gasteiger partial charge < -0.3 is 9.30 Å². The summed E-state index contributed by atoms with van der Waals surface area (Å²) in [6, 6.07) is -0.200. The quantitative estimate of drug-likeness (QED) is 0.789. The summed E-state index contributed by atoms with van der Waals surface area (Å²) in [4.78, 5) is 24.4. The summed E-state index contributed by atoms with van der Waals surface area (Å²) in [5.41, 5.74) is 1.09. The van der Waals surface area contributed by atoms with Crippen molar-refractivity contribution in [1.29, 1.82) is 0 Å². The first-order valence-corrected chi connectivity index (χ1v) is 6.55. The molecule has 6 nitrogen and oxygen atoms in total. The number of halogens is 1. The van der Waals surface area contributed by atoms with Crippen LogP contribution in [0.25, 0.3) is 11.2 Å². The summed E-state index contributed by atoms with van der Waals surface area (Å²) in [7, 11) is 1.50. The molecule has 19 heavy (non-hydrogen) atoms. The highest BCUT2D eigenvalue weighted by Gasteiger charge is 2.26. The molecule has 1 unspecified atom stereocenters. The van der Waals surface area contributed by atoms with Crippen molar-refractivity contribution in [3.05, 3.63) is 11.6 Å². The Labute approximate surface area is 114 Å². The first-order chi connectivity index (χ1) is 9.20. The molecule has 2 aromatic heterocycles. The Morgan fingerprint density at radius 3 is 3.00 bits per heavy atom. The van der Waals surface area contributed by atoms with E-state index < -0.39 is 0 Å². The van der Waals surface area contributed by atoms with E-state index in [4.69, 9.17) is 16.3 Å². The van der Waals surface area contributed by atoms with Crippen LogP contribution in [0.15, 0.2) is 6.33 Å². The number of Topliss-reactive ketones (excluding diaryl/α,β-unsaturated/α-hetero) is 1. The minimum absolute atomic E-state index is 0.0920. The normalized spacial score (nSPS) is 19.9. The Morgan fingerprint density at radius 2 is 2.26 bits per heavy atom. The van der Waals surface area contributed by atoms with Crippen molar-refractivity contribution < 1.29 is 9.53 Å². The molecule has 0 spiro atoms. The Morgan fingerprint density at radius 1 is 1.42 bits per heavy atom. The maximum Gasteiger partial charge on any atom is 0.246 e. The number of ketones is 1.